The SMILES string of the molecule is CCC(C(=O)NC1CCCCC1)N(Cc1cccc(OC)c1)C(=O)CN(c1ccc(C)cc1)S(C)(=O)=O. The van der Waals surface area contributed by atoms with Crippen LogP contribution < -0.4 is 14.4 Å². The van der Waals surface area contributed by atoms with Crippen molar-refractivity contribution in [3.63, 3.8) is 0 Å². The van der Waals surface area contributed by atoms with Gasteiger partial charge < -0.3 is 15.0 Å². The van der Waals surface area contributed by atoms with Crippen molar-refractivity contribution >= 4 is 27.5 Å². The van der Waals surface area contributed by atoms with E-state index in [-0.39, 0.29) is 18.5 Å². The highest BCUT2D eigenvalue weighted by Crippen LogP contribution is 2.22. The molecule has 1 saturated carbocycles. The summed E-state index contributed by atoms with van der Waals surface area (Å²) in [6, 6.07) is 13.7. The molecule has 0 radical (unpaired) electrons. The molecule has 0 bridgehead atoms. The zero-order chi connectivity index (χ0) is 27.0. The molecule has 2 aromatic rings. The molecule has 9 heteroatoms. The molecular weight excluding hydrogens is 490 g/mol. The minimum atomic E-state index is -3.75. The number of ether oxygens (including phenoxy) is 1. The summed E-state index contributed by atoms with van der Waals surface area (Å²) in [4.78, 5) is 28.7. The van der Waals surface area contributed by atoms with E-state index in [0.717, 1.165) is 47.4 Å². The van der Waals surface area contributed by atoms with Gasteiger partial charge >= 0.3 is 0 Å². The highest BCUT2D eigenvalue weighted by atomic mass is 32.2. The third-order valence-corrected chi connectivity index (χ3v) is 7.97. The Labute approximate surface area is 221 Å². The number of amides is 2. The van der Waals surface area contributed by atoms with Crippen molar-refractivity contribution < 1.29 is 22.7 Å². The molecule has 2 aromatic carbocycles. The molecule has 1 N–H and O–H groups in total. The molecule has 3 rings (SSSR count). The van der Waals surface area contributed by atoms with Gasteiger partial charge in [0.2, 0.25) is 21.8 Å². The van der Waals surface area contributed by atoms with Gasteiger partial charge in [0.15, 0.2) is 0 Å². The van der Waals surface area contributed by atoms with Crippen molar-refractivity contribution in [1.29, 1.82) is 0 Å². The highest BCUT2D eigenvalue weighted by molar-refractivity contribution is 7.92. The molecule has 1 aliphatic carbocycles. The van der Waals surface area contributed by atoms with E-state index in [2.05, 4.69) is 5.32 Å². The lowest BCUT2D eigenvalue weighted by molar-refractivity contribution is -0.140. The minimum Gasteiger partial charge on any atom is -0.497 e. The second-order valence-corrected chi connectivity index (χ2v) is 11.7. The number of rotatable bonds is 11. The van der Waals surface area contributed by atoms with Gasteiger partial charge in [0, 0.05) is 12.6 Å². The van der Waals surface area contributed by atoms with Gasteiger partial charge in [0.05, 0.1) is 19.1 Å². The van der Waals surface area contributed by atoms with E-state index in [1.807, 2.05) is 38.1 Å². The van der Waals surface area contributed by atoms with Gasteiger partial charge in [-0.05, 0) is 56.0 Å². The van der Waals surface area contributed by atoms with Gasteiger partial charge in [-0.2, -0.15) is 0 Å². The lowest BCUT2D eigenvalue weighted by Crippen LogP contribution is -2.53. The van der Waals surface area contributed by atoms with Gasteiger partial charge in [-0.15, -0.1) is 0 Å². The Bertz CT molecular complexity index is 1160. The summed E-state index contributed by atoms with van der Waals surface area (Å²) < 4.78 is 31.9. The third kappa shape index (κ3) is 7.95. The summed E-state index contributed by atoms with van der Waals surface area (Å²) >= 11 is 0. The predicted octanol–water partition coefficient (Wildman–Crippen LogP) is 4.03. The lowest BCUT2D eigenvalue weighted by Gasteiger charge is -2.34. The van der Waals surface area contributed by atoms with Gasteiger partial charge in [-0.25, -0.2) is 8.42 Å². The fourth-order valence-corrected chi connectivity index (χ4v) is 5.61. The second-order valence-electron chi connectivity index (χ2n) is 9.75. The number of anilines is 1. The Morgan fingerprint density at radius 3 is 2.35 bits per heavy atom. The number of sulfonamides is 1. The quantitative estimate of drug-likeness (QED) is 0.474. The lowest BCUT2D eigenvalue weighted by atomic mass is 9.95. The van der Waals surface area contributed by atoms with E-state index in [0.29, 0.717) is 17.9 Å². The topological polar surface area (TPSA) is 96.0 Å². The molecule has 1 aliphatic rings. The maximum absolute atomic E-state index is 13.8. The molecule has 1 atom stereocenters. The van der Waals surface area contributed by atoms with Crippen molar-refractivity contribution in [2.24, 2.45) is 0 Å². The summed E-state index contributed by atoms with van der Waals surface area (Å²) in [6.07, 6.45) is 6.67. The number of aryl methyl sites for hydroxylation is 1. The predicted molar refractivity (Wildman–Crippen MR) is 146 cm³/mol. The molecule has 0 spiro atoms. The number of benzene rings is 2. The van der Waals surface area contributed by atoms with Crippen molar-refractivity contribution in [2.75, 3.05) is 24.2 Å². The van der Waals surface area contributed by atoms with E-state index in [4.69, 9.17) is 4.74 Å². The van der Waals surface area contributed by atoms with Crippen LogP contribution in [0.1, 0.15) is 56.6 Å². The smallest absolute Gasteiger partial charge is 0.244 e. The Hall–Kier alpha value is -3.07. The van der Waals surface area contributed by atoms with Crippen molar-refractivity contribution in [1.82, 2.24) is 10.2 Å². The van der Waals surface area contributed by atoms with Crippen molar-refractivity contribution in [3.8, 4) is 5.75 Å². The van der Waals surface area contributed by atoms with Crippen LogP contribution in [0.15, 0.2) is 48.5 Å². The first-order valence-corrected chi connectivity index (χ1v) is 14.7. The number of methoxy groups -OCH3 is 1. The average Bonchev–Trinajstić information content (AvgIpc) is 2.87. The van der Waals surface area contributed by atoms with Crippen LogP contribution in [-0.4, -0.2) is 57.1 Å². The molecule has 1 unspecified atom stereocenters. The molecule has 0 saturated heterocycles. The summed E-state index contributed by atoms with van der Waals surface area (Å²) in [5.74, 6) is -0.00614. The van der Waals surface area contributed by atoms with E-state index < -0.39 is 28.5 Å². The summed E-state index contributed by atoms with van der Waals surface area (Å²) in [5, 5.41) is 3.15. The average molecular weight is 530 g/mol. The van der Waals surface area contributed by atoms with Crippen LogP contribution >= 0.6 is 0 Å². The van der Waals surface area contributed by atoms with E-state index in [1.54, 1.807) is 31.4 Å². The normalized spacial score (nSPS) is 15.0. The first kappa shape index (κ1) is 28.5. The zero-order valence-corrected chi connectivity index (χ0v) is 23.1. The molecule has 1 fully saturated rings. The largest absolute Gasteiger partial charge is 0.497 e. The molecule has 0 aromatic heterocycles. The summed E-state index contributed by atoms with van der Waals surface area (Å²) in [5.41, 5.74) is 2.17. The molecule has 8 nitrogen and oxygen atoms in total. The Balaban J connectivity index is 1.92. The molecule has 0 aliphatic heterocycles. The fourth-order valence-electron chi connectivity index (χ4n) is 4.76. The van der Waals surface area contributed by atoms with Gasteiger partial charge in [0.1, 0.15) is 18.3 Å². The maximum atomic E-state index is 13.8. The standard InChI is InChI=1S/C28H39N3O5S/c1-5-26(28(33)29-23-11-7-6-8-12-23)30(19-22-10-9-13-25(18-22)36-3)27(32)20-31(37(4,34)35)24-16-14-21(2)15-17-24/h9-10,13-18,23,26H,5-8,11-12,19-20H2,1-4H3,(H,29,33). The van der Waals surface area contributed by atoms with Crippen LogP contribution in [0.2, 0.25) is 0 Å². The van der Waals surface area contributed by atoms with Crippen LogP contribution in [0.25, 0.3) is 0 Å². The summed E-state index contributed by atoms with van der Waals surface area (Å²) in [6.45, 7) is 3.52. The monoisotopic (exact) mass is 529 g/mol. The highest BCUT2D eigenvalue weighted by Gasteiger charge is 2.32. The first-order chi connectivity index (χ1) is 17.6. The number of hydrogen-bond donors (Lipinski definition) is 1. The van der Waals surface area contributed by atoms with Gasteiger partial charge in [-0.1, -0.05) is 56.0 Å². The Morgan fingerprint density at radius 2 is 1.76 bits per heavy atom. The molecule has 2 amide bonds. The third-order valence-electron chi connectivity index (χ3n) is 6.83. The Kier molecular flexibility index (Phi) is 9.97. The zero-order valence-electron chi connectivity index (χ0n) is 22.3. The number of hydrogen-bond acceptors (Lipinski definition) is 5. The number of nitrogens with one attached hydrogen (secondary N) is 1. The number of carbonyl (C=O) groups is 2. The van der Waals surface area contributed by atoms with E-state index in [1.165, 1.54) is 11.3 Å². The van der Waals surface area contributed by atoms with Crippen LogP contribution in [0.4, 0.5) is 5.69 Å². The Morgan fingerprint density at radius 1 is 1.08 bits per heavy atom. The molecule has 37 heavy (non-hydrogen) atoms. The van der Waals surface area contributed by atoms with E-state index in [9.17, 15) is 18.0 Å². The van der Waals surface area contributed by atoms with Gasteiger partial charge in [-0.3, -0.25) is 13.9 Å². The van der Waals surface area contributed by atoms with Gasteiger partial charge in [0.25, 0.3) is 0 Å². The van der Waals surface area contributed by atoms with Crippen molar-refractivity contribution in [3.05, 3.63) is 59.7 Å². The molecule has 202 valence electrons. The maximum Gasteiger partial charge on any atom is 0.244 e. The van der Waals surface area contributed by atoms with E-state index >= 15 is 0 Å². The number of carbonyl (C=O) groups excluding carboxylic acids is 2. The fraction of sp³-hybridized carbons (Fsp3) is 0.500. The van der Waals surface area contributed by atoms with Crippen LogP contribution in [-0.2, 0) is 26.2 Å². The summed E-state index contributed by atoms with van der Waals surface area (Å²) in [7, 11) is -2.18. The minimum absolute atomic E-state index is 0.101. The number of nitrogens with zero attached hydrogens (tertiary/aromatic N) is 2. The van der Waals surface area contributed by atoms with Crippen LogP contribution in [0, 0.1) is 6.92 Å². The van der Waals surface area contributed by atoms with Crippen molar-refractivity contribution in [2.45, 2.75) is 71.0 Å². The van der Waals surface area contributed by atoms with Crippen LogP contribution in [0.3, 0.4) is 0 Å². The molecular formula is C28H39N3O5S. The molecule has 0 heterocycles. The van der Waals surface area contributed by atoms with Crippen LogP contribution in [0.5, 0.6) is 5.75 Å². The second kappa shape index (κ2) is 12.9. The first-order valence-electron chi connectivity index (χ1n) is 12.9.